The van der Waals surface area contributed by atoms with Crippen molar-refractivity contribution in [3.05, 3.63) is 132 Å². The van der Waals surface area contributed by atoms with E-state index in [0.29, 0.717) is 31.9 Å². The third-order valence-corrected chi connectivity index (χ3v) is 12.8. The van der Waals surface area contributed by atoms with Crippen LogP contribution in [-0.4, -0.2) is 92.5 Å². The molecule has 2 aromatic heterocycles. The quantitative estimate of drug-likeness (QED) is 0.0805. The molecular weight excluding hydrogens is 821 g/mol. The number of hydrogen-bond acceptors (Lipinski definition) is 8. The maximum atomic E-state index is 14.2. The van der Waals surface area contributed by atoms with Gasteiger partial charge in [0.25, 0.3) is 0 Å². The fourth-order valence-electron chi connectivity index (χ4n) is 9.16. The Morgan fingerprint density at radius 3 is 2.22 bits per heavy atom. The van der Waals surface area contributed by atoms with E-state index in [4.69, 9.17) is 19.4 Å². The number of fused-ring (bicyclic) bond motifs is 1. The van der Waals surface area contributed by atoms with Gasteiger partial charge in [0.2, 0.25) is 17.7 Å². The predicted octanol–water partition coefficient (Wildman–Crippen LogP) is 8.37. The third kappa shape index (κ3) is 9.82. The van der Waals surface area contributed by atoms with Crippen LogP contribution in [0.2, 0.25) is 0 Å². The molecule has 0 saturated carbocycles. The highest BCUT2D eigenvalue weighted by atomic mass is 16.5. The highest BCUT2D eigenvalue weighted by Gasteiger charge is 2.39. The summed E-state index contributed by atoms with van der Waals surface area (Å²) in [4.78, 5) is 73.1. The second-order valence-corrected chi connectivity index (χ2v) is 17.4. The molecule has 3 fully saturated rings. The molecule has 0 spiro atoms. The lowest BCUT2D eigenvalue weighted by atomic mass is 9.98. The van der Waals surface area contributed by atoms with Crippen LogP contribution >= 0.6 is 0 Å². The number of H-pyrrole nitrogens is 2. The van der Waals surface area contributed by atoms with Crippen molar-refractivity contribution in [1.29, 1.82) is 0 Å². The van der Waals surface area contributed by atoms with Gasteiger partial charge in [-0.1, -0.05) is 93.3 Å². The monoisotopic (exact) mass is 878 g/mol. The number of likely N-dealkylation sites (tertiary alicyclic amines) is 2. The first-order chi connectivity index (χ1) is 31.5. The SMILES string of the molecule is C=C/C(=C\C=C(/C)c1cnc([C@@H]2CCCN2C(=O)[C@H](NC(=O)C2CCCO2)c2ccccc2)[nH]1)c1ccc2cc(-c3cnc([C@@H]4CCCN4C(=O)[C@@H](NC(=O)OC)C(C)C)[nH]3)ccc2c1. The van der Waals surface area contributed by atoms with E-state index in [9.17, 15) is 19.2 Å². The standard InChI is InChI=1S/C51H58N8O6/c1-6-33(19-18-32(4)39-29-52-46(54-39)41-15-11-25-59(41)50(62)45(34-13-8-7-9-14-34)56-48(60)43-17-12-26-65-43)35-20-21-37-28-38(23-22-36(37)27-35)40-30-53-47(55-40)42-16-10-24-58(42)49(61)44(31(2)3)57-51(63)64-5/h6-9,13-14,18-23,27-31,41-45H,1,10-12,15-17,24-26H2,2-5H3,(H,52,54)(H,53,55)(H,56,60)(H,57,63)/b32-18+,33-19+/t41-,42-,43?,44-,45+/m0/s1. The van der Waals surface area contributed by atoms with E-state index < -0.39 is 24.3 Å². The normalized spacial score (nSPS) is 20.0. The number of benzene rings is 3. The van der Waals surface area contributed by atoms with E-state index in [0.717, 1.165) is 87.9 Å². The number of alkyl carbamates (subject to hydrolysis) is 1. The van der Waals surface area contributed by atoms with Crippen LogP contribution < -0.4 is 10.6 Å². The number of imidazole rings is 2. The van der Waals surface area contributed by atoms with Crippen molar-refractivity contribution in [3.63, 3.8) is 0 Å². The number of carbonyl (C=O) groups is 4. The number of methoxy groups -OCH3 is 1. The third-order valence-electron chi connectivity index (χ3n) is 12.8. The zero-order valence-electron chi connectivity index (χ0n) is 37.5. The molecule has 5 atom stereocenters. The topological polar surface area (TPSA) is 175 Å². The van der Waals surface area contributed by atoms with E-state index in [-0.39, 0.29) is 35.7 Å². The Kier molecular flexibility index (Phi) is 13.7. The van der Waals surface area contributed by atoms with Crippen molar-refractivity contribution in [3.8, 4) is 11.3 Å². The molecule has 1 unspecified atom stereocenters. The Labute approximate surface area is 379 Å². The molecule has 14 nitrogen and oxygen atoms in total. The van der Waals surface area contributed by atoms with Gasteiger partial charge in [-0.05, 0) is 96.5 Å². The van der Waals surface area contributed by atoms with Gasteiger partial charge < -0.3 is 39.9 Å². The molecule has 338 valence electrons. The molecule has 5 aromatic rings. The van der Waals surface area contributed by atoms with E-state index >= 15 is 0 Å². The summed E-state index contributed by atoms with van der Waals surface area (Å²) in [6.07, 6.45) is 13.1. The lowest BCUT2D eigenvalue weighted by Gasteiger charge is -2.30. The van der Waals surface area contributed by atoms with Crippen molar-refractivity contribution >= 4 is 45.7 Å². The van der Waals surface area contributed by atoms with Crippen LogP contribution in [0.25, 0.3) is 33.2 Å². The first kappa shape index (κ1) is 44.8. The molecule has 3 aromatic carbocycles. The van der Waals surface area contributed by atoms with Crippen LogP contribution in [-0.2, 0) is 23.9 Å². The molecular formula is C51H58N8O6. The lowest BCUT2D eigenvalue weighted by molar-refractivity contribution is -0.140. The van der Waals surface area contributed by atoms with Gasteiger partial charge >= 0.3 is 6.09 Å². The molecule has 14 heteroatoms. The lowest BCUT2D eigenvalue weighted by Crippen LogP contribution is -2.51. The molecule has 0 aliphatic carbocycles. The average Bonchev–Trinajstić information content (AvgIpc) is 4.19. The maximum Gasteiger partial charge on any atom is 0.407 e. The van der Waals surface area contributed by atoms with Crippen LogP contribution in [0.15, 0.2) is 104 Å². The first-order valence-electron chi connectivity index (χ1n) is 22.6. The highest BCUT2D eigenvalue weighted by Crippen LogP contribution is 2.36. The van der Waals surface area contributed by atoms with Crippen molar-refractivity contribution in [2.75, 3.05) is 26.8 Å². The van der Waals surface area contributed by atoms with E-state index in [1.807, 2.05) is 91.5 Å². The molecule has 8 rings (SSSR count). The summed E-state index contributed by atoms with van der Waals surface area (Å²) in [5, 5.41) is 7.84. The predicted molar refractivity (Wildman–Crippen MR) is 250 cm³/mol. The second kappa shape index (κ2) is 19.9. The number of ether oxygens (including phenoxy) is 2. The number of rotatable bonds is 14. The Bertz CT molecular complexity index is 2610. The van der Waals surface area contributed by atoms with Gasteiger partial charge in [-0.3, -0.25) is 14.4 Å². The molecule has 4 amide bonds. The number of nitrogens with zero attached hydrogens (tertiary/aromatic N) is 4. The van der Waals surface area contributed by atoms with E-state index in [2.05, 4.69) is 63.6 Å². The van der Waals surface area contributed by atoms with Gasteiger partial charge in [0.05, 0.1) is 43.0 Å². The summed E-state index contributed by atoms with van der Waals surface area (Å²) in [7, 11) is 1.29. The summed E-state index contributed by atoms with van der Waals surface area (Å²) in [5.41, 5.74) is 6.36. The number of aromatic nitrogens is 4. The largest absolute Gasteiger partial charge is 0.453 e. The minimum Gasteiger partial charge on any atom is -0.453 e. The minimum atomic E-state index is -0.828. The first-order valence-corrected chi connectivity index (χ1v) is 22.6. The van der Waals surface area contributed by atoms with E-state index in [1.54, 1.807) is 0 Å². The summed E-state index contributed by atoms with van der Waals surface area (Å²) in [6, 6.07) is 20.0. The molecule has 0 radical (unpaired) electrons. The Morgan fingerprint density at radius 1 is 0.831 bits per heavy atom. The summed E-state index contributed by atoms with van der Waals surface area (Å²) in [5.74, 6) is 0.753. The van der Waals surface area contributed by atoms with Gasteiger partial charge in [0, 0.05) is 25.3 Å². The van der Waals surface area contributed by atoms with Gasteiger partial charge in [-0.2, -0.15) is 0 Å². The van der Waals surface area contributed by atoms with Gasteiger partial charge in [-0.15, -0.1) is 0 Å². The van der Waals surface area contributed by atoms with Crippen LogP contribution in [0, 0.1) is 5.92 Å². The van der Waals surface area contributed by atoms with Gasteiger partial charge in [-0.25, -0.2) is 14.8 Å². The highest BCUT2D eigenvalue weighted by molar-refractivity contribution is 5.92. The average molecular weight is 879 g/mol. The smallest absolute Gasteiger partial charge is 0.407 e. The number of aromatic amines is 2. The number of nitrogens with one attached hydrogen (secondary N) is 4. The minimum absolute atomic E-state index is 0.113. The number of carbonyl (C=O) groups excluding carboxylic acids is 4. The summed E-state index contributed by atoms with van der Waals surface area (Å²) >= 11 is 0. The zero-order valence-corrected chi connectivity index (χ0v) is 37.5. The van der Waals surface area contributed by atoms with Crippen LogP contribution in [0.1, 0.15) is 106 Å². The molecule has 5 heterocycles. The molecule has 3 aliphatic heterocycles. The molecule has 3 saturated heterocycles. The molecule has 4 N–H and O–H groups in total. The zero-order chi connectivity index (χ0) is 45.6. The fraction of sp³-hybridized carbons (Fsp3) is 0.373. The van der Waals surface area contributed by atoms with Crippen LogP contribution in [0.4, 0.5) is 4.79 Å². The molecule has 0 bridgehead atoms. The van der Waals surface area contributed by atoms with Gasteiger partial charge in [0.1, 0.15) is 29.8 Å². The number of allylic oxidation sites excluding steroid dienone is 5. The van der Waals surface area contributed by atoms with Crippen molar-refractivity contribution in [2.45, 2.75) is 89.6 Å². The summed E-state index contributed by atoms with van der Waals surface area (Å²) < 4.78 is 10.4. The molecule has 3 aliphatic rings. The van der Waals surface area contributed by atoms with Crippen molar-refractivity contribution < 1.29 is 28.7 Å². The van der Waals surface area contributed by atoms with Gasteiger partial charge in [0.15, 0.2) is 0 Å². The Balaban J connectivity index is 0.944. The second-order valence-electron chi connectivity index (χ2n) is 17.4. The van der Waals surface area contributed by atoms with Crippen molar-refractivity contribution in [1.82, 2.24) is 40.4 Å². The van der Waals surface area contributed by atoms with Crippen LogP contribution in [0.5, 0.6) is 0 Å². The van der Waals surface area contributed by atoms with Crippen LogP contribution in [0.3, 0.4) is 0 Å². The van der Waals surface area contributed by atoms with E-state index in [1.165, 1.54) is 7.11 Å². The maximum absolute atomic E-state index is 14.2. The Morgan fingerprint density at radius 2 is 1.52 bits per heavy atom. The summed E-state index contributed by atoms with van der Waals surface area (Å²) in [6.45, 7) is 11.6. The fourth-order valence-corrected chi connectivity index (χ4v) is 9.16. The van der Waals surface area contributed by atoms with Crippen molar-refractivity contribution in [2.24, 2.45) is 5.92 Å². The number of hydrogen-bond donors (Lipinski definition) is 4. The molecule has 65 heavy (non-hydrogen) atoms. The number of amides is 4. The Hall–Kier alpha value is -6.80.